The molecule has 0 amide bonds. The molecular formula is C22H35IN6O. The summed E-state index contributed by atoms with van der Waals surface area (Å²) in [4.78, 5) is 7.45. The molecular weight excluding hydrogens is 491 g/mol. The Bertz CT molecular complexity index is 770. The standard InChI is InChI=1S/C22H34N6O.HI/c1-4-23-22(24-11-14-28-17-18(2)15-26-28)25-16-21(27-12-5-6-13-27)19-7-9-20(29-3)10-8-19;/h7-10,15,17,21H,4-6,11-14,16H2,1-3H3,(H2,23,24,25);1H. The number of halogens is 1. The van der Waals surface area contributed by atoms with Crippen LogP contribution in [0, 0.1) is 6.92 Å². The van der Waals surface area contributed by atoms with E-state index in [0.29, 0.717) is 0 Å². The lowest BCUT2D eigenvalue weighted by atomic mass is 10.1. The van der Waals surface area contributed by atoms with E-state index < -0.39 is 0 Å². The molecule has 1 aromatic carbocycles. The molecule has 0 spiro atoms. The van der Waals surface area contributed by atoms with E-state index in [-0.39, 0.29) is 30.0 Å². The molecule has 3 rings (SSSR count). The van der Waals surface area contributed by atoms with Crippen LogP contribution in [0.4, 0.5) is 0 Å². The Morgan fingerprint density at radius 1 is 1.20 bits per heavy atom. The SMILES string of the molecule is CCNC(=NCC(c1ccc(OC)cc1)N1CCCC1)NCCn1cc(C)cn1.I. The molecule has 0 aliphatic carbocycles. The van der Waals surface area contributed by atoms with Crippen LogP contribution < -0.4 is 15.4 Å². The van der Waals surface area contributed by atoms with E-state index in [1.54, 1.807) is 7.11 Å². The van der Waals surface area contributed by atoms with E-state index >= 15 is 0 Å². The van der Waals surface area contributed by atoms with Crippen molar-refractivity contribution in [2.75, 3.05) is 39.8 Å². The van der Waals surface area contributed by atoms with Gasteiger partial charge in [-0.2, -0.15) is 5.10 Å². The summed E-state index contributed by atoms with van der Waals surface area (Å²) in [5, 5.41) is 11.1. The second-order valence-corrected chi connectivity index (χ2v) is 7.46. The van der Waals surface area contributed by atoms with Crippen LogP contribution in [0.15, 0.2) is 41.7 Å². The summed E-state index contributed by atoms with van der Waals surface area (Å²) in [6.45, 7) is 9.57. The Hall–Kier alpha value is -1.81. The Labute approximate surface area is 197 Å². The molecule has 2 heterocycles. The van der Waals surface area contributed by atoms with Gasteiger partial charge in [0.05, 0.1) is 32.4 Å². The highest BCUT2D eigenvalue weighted by molar-refractivity contribution is 14.0. The zero-order valence-electron chi connectivity index (χ0n) is 18.3. The predicted molar refractivity (Wildman–Crippen MR) is 133 cm³/mol. The van der Waals surface area contributed by atoms with Gasteiger partial charge >= 0.3 is 0 Å². The minimum absolute atomic E-state index is 0. The number of likely N-dealkylation sites (tertiary alicyclic amines) is 1. The van der Waals surface area contributed by atoms with Gasteiger partial charge in [0.1, 0.15) is 5.75 Å². The van der Waals surface area contributed by atoms with Crippen LogP contribution in [0.5, 0.6) is 5.75 Å². The molecule has 1 aliphatic heterocycles. The van der Waals surface area contributed by atoms with Gasteiger partial charge in [-0.1, -0.05) is 12.1 Å². The largest absolute Gasteiger partial charge is 0.497 e. The number of hydrogen-bond donors (Lipinski definition) is 2. The summed E-state index contributed by atoms with van der Waals surface area (Å²) in [5.74, 6) is 1.75. The van der Waals surface area contributed by atoms with Crippen molar-refractivity contribution in [2.24, 2.45) is 4.99 Å². The van der Waals surface area contributed by atoms with Gasteiger partial charge in [0.15, 0.2) is 5.96 Å². The van der Waals surface area contributed by atoms with E-state index in [1.165, 1.54) is 24.0 Å². The van der Waals surface area contributed by atoms with Crippen molar-refractivity contribution in [3.05, 3.63) is 47.8 Å². The first-order valence-electron chi connectivity index (χ1n) is 10.6. The van der Waals surface area contributed by atoms with Crippen LogP contribution in [0.1, 0.15) is 36.9 Å². The maximum atomic E-state index is 5.32. The maximum absolute atomic E-state index is 5.32. The molecule has 8 heteroatoms. The number of guanidine groups is 1. The Morgan fingerprint density at radius 2 is 1.93 bits per heavy atom. The van der Waals surface area contributed by atoms with Crippen LogP contribution in [0.25, 0.3) is 0 Å². The third-order valence-corrected chi connectivity index (χ3v) is 5.24. The number of ether oxygens (including phenoxy) is 1. The van der Waals surface area contributed by atoms with E-state index in [1.807, 2.05) is 23.0 Å². The molecule has 1 aromatic heterocycles. The van der Waals surface area contributed by atoms with Gasteiger partial charge in [-0.15, -0.1) is 24.0 Å². The maximum Gasteiger partial charge on any atom is 0.191 e. The molecule has 1 saturated heterocycles. The molecule has 30 heavy (non-hydrogen) atoms. The number of benzene rings is 1. The highest BCUT2D eigenvalue weighted by Crippen LogP contribution is 2.27. The number of rotatable bonds is 9. The first kappa shape index (κ1) is 24.5. The Morgan fingerprint density at radius 3 is 2.53 bits per heavy atom. The molecule has 0 saturated carbocycles. The number of aromatic nitrogens is 2. The van der Waals surface area contributed by atoms with Gasteiger partial charge in [0.2, 0.25) is 0 Å². The molecule has 7 nitrogen and oxygen atoms in total. The highest BCUT2D eigenvalue weighted by Gasteiger charge is 2.23. The summed E-state index contributed by atoms with van der Waals surface area (Å²) in [7, 11) is 1.70. The van der Waals surface area contributed by atoms with Crippen molar-refractivity contribution in [3.8, 4) is 5.75 Å². The molecule has 1 atom stereocenters. The smallest absolute Gasteiger partial charge is 0.191 e. The van der Waals surface area contributed by atoms with Crippen LogP contribution >= 0.6 is 24.0 Å². The average molecular weight is 526 g/mol. The fraction of sp³-hybridized carbons (Fsp3) is 0.545. The quantitative estimate of drug-likeness (QED) is 0.299. The molecule has 2 N–H and O–H groups in total. The van der Waals surface area contributed by atoms with Crippen LogP contribution in [0.2, 0.25) is 0 Å². The zero-order valence-corrected chi connectivity index (χ0v) is 20.6. The van der Waals surface area contributed by atoms with Crippen LogP contribution in [-0.4, -0.2) is 60.5 Å². The van der Waals surface area contributed by atoms with Crippen molar-refractivity contribution in [1.29, 1.82) is 0 Å². The molecule has 0 radical (unpaired) electrons. The van der Waals surface area contributed by atoms with Gasteiger partial charge in [-0.05, 0) is 63.0 Å². The predicted octanol–water partition coefficient (Wildman–Crippen LogP) is 3.21. The zero-order chi connectivity index (χ0) is 20.5. The summed E-state index contributed by atoms with van der Waals surface area (Å²) in [5.41, 5.74) is 2.47. The third-order valence-electron chi connectivity index (χ3n) is 5.24. The third kappa shape index (κ3) is 7.16. The second-order valence-electron chi connectivity index (χ2n) is 7.46. The molecule has 0 bridgehead atoms. The summed E-state index contributed by atoms with van der Waals surface area (Å²) < 4.78 is 7.27. The lowest BCUT2D eigenvalue weighted by molar-refractivity contribution is 0.251. The first-order valence-corrected chi connectivity index (χ1v) is 10.6. The van der Waals surface area contributed by atoms with Gasteiger partial charge < -0.3 is 15.4 Å². The number of aliphatic imine (C=N–C) groups is 1. The molecule has 1 aliphatic rings. The minimum atomic E-state index is 0. The minimum Gasteiger partial charge on any atom is -0.497 e. The highest BCUT2D eigenvalue weighted by atomic mass is 127. The van der Waals surface area contributed by atoms with E-state index in [4.69, 9.17) is 9.73 Å². The van der Waals surface area contributed by atoms with Gasteiger partial charge in [-0.3, -0.25) is 14.6 Å². The van der Waals surface area contributed by atoms with Crippen molar-refractivity contribution >= 4 is 29.9 Å². The van der Waals surface area contributed by atoms with Crippen LogP contribution in [0.3, 0.4) is 0 Å². The fourth-order valence-electron chi connectivity index (χ4n) is 3.71. The monoisotopic (exact) mass is 526 g/mol. The number of aryl methyl sites for hydroxylation is 1. The van der Waals surface area contributed by atoms with Crippen molar-refractivity contribution in [2.45, 2.75) is 39.3 Å². The fourth-order valence-corrected chi connectivity index (χ4v) is 3.71. The van der Waals surface area contributed by atoms with E-state index in [2.05, 4.69) is 52.8 Å². The lowest BCUT2D eigenvalue weighted by Gasteiger charge is -2.27. The summed E-state index contributed by atoms with van der Waals surface area (Å²) >= 11 is 0. The van der Waals surface area contributed by atoms with Crippen molar-refractivity contribution in [1.82, 2.24) is 25.3 Å². The van der Waals surface area contributed by atoms with E-state index in [0.717, 1.165) is 51.0 Å². The van der Waals surface area contributed by atoms with Gasteiger partial charge in [0.25, 0.3) is 0 Å². The van der Waals surface area contributed by atoms with Gasteiger partial charge in [0, 0.05) is 19.3 Å². The van der Waals surface area contributed by atoms with Crippen molar-refractivity contribution in [3.63, 3.8) is 0 Å². The second kappa shape index (κ2) is 12.8. The molecule has 1 unspecified atom stereocenters. The van der Waals surface area contributed by atoms with E-state index in [9.17, 15) is 0 Å². The topological polar surface area (TPSA) is 66.7 Å². The molecule has 166 valence electrons. The summed E-state index contributed by atoms with van der Waals surface area (Å²) in [6.07, 6.45) is 6.46. The molecule has 2 aromatic rings. The average Bonchev–Trinajstić information content (AvgIpc) is 3.41. The number of hydrogen-bond acceptors (Lipinski definition) is 4. The van der Waals surface area contributed by atoms with Crippen molar-refractivity contribution < 1.29 is 4.74 Å². The first-order chi connectivity index (χ1) is 14.2. The number of nitrogens with zero attached hydrogens (tertiary/aromatic N) is 4. The van der Waals surface area contributed by atoms with Gasteiger partial charge in [-0.25, -0.2) is 0 Å². The lowest BCUT2D eigenvalue weighted by Crippen LogP contribution is -2.39. The normalized spacial score (nSPS) is 15.5. The Kier molecular flexibility index (Phi) is 10.4. The van der Waals surface area contributed by atoms with Crippen LogP contribution in [-0.2, 0) is 6.54 Å². The number of nitrogens with one attached hydrogen (secondary N) is 2. The number of methoxy groups -OCH3 is 1. The molecule has 1 fully saturated rings. The Balaban J connectivity index is 0.00000320. The summed E-state index contributed by atoms with van der Waals surface area (Å²) in [6, 6.07) is 8.69.